The molecule has 3 N–H and O–H groups in total. The van der Waals surface area contributed by atoms with Crippen molar-refractivity contribution >= 4 is 28.8 Å². The van der Waals surface area contributed by atoms with E-state index in [1.807, 2.05) is 0 Å². The molecule has 0 heterocycles. The number of nitrogens with one attached hydrogen (secondary N) is 1. The molecule has 0 atom stereocenters. The molecule has 0 aliphatic carbocycles. The zero-order chi connectivity index (χ0) is 10.7. The summed E-state index contributed by atoms with van der Waals surface area (Å²) in [6.45, 7) is 1.35. The molecule has 0 saturated carbocycles. The smallest absolute Gasteiger partial charge is 0.221 e. The summed E-state index contributed by atoms with van der Waals surface area (Å²) in [5.41, 5.74) is 6.12. The van der Waals surface area contributed by atoms with Gasteiger partial charge in [-0.25, -0.2) is 4.39 Å². The van der Waals surface area contributed by atoms with Crippen LogP contribution in [0.5, 0.6) is 0 Å². The SMILES string of the molecule is CC(=O)Nc1ccc(F)cc1C(N)=S. The van der Waals surface area contributed by atoms with Gasteiger partial charge in [0, 0.05) is 12.5 Å². The van der Waals surface area contributed by atoms with Gasteiger partial charge in [0.25, 0.3) is 0 Å². The number of nitrogens with two attached hydrogens (primary N) is 1. The van der Waals surface area contributed by atoms with Gasteiger partial charge in [-0.15, -0.1) is 0 Å². The molecule has 0 aliphatic rings. The van der Waals surface area contributed by atoms with Crippen molar-refractivity contribution in [3.8, 4) is 0 Å². The lowest BCUT2D eigenvalue weighted by Crippen LogP contribution is -2.15. The Morgan fingerprint density at radius 3 is 2.71 bits per heavy atom. The predicted molar refractivity (Wildman–Crippen MR) is 56.6 cm³/mol. The van der Waals surface area contributed by atoms with Crippen LogP contribution in [0, 0.1) is 5.82 Å². The fourth-order valence-electron chi connectivity index (χ4n) is 1.02. The lowest BCUT2D eigenvalue weighted by atomic mass is 10.1. The van der Waals surface area contributed by atoms with Gasteiger partial charge in [0.1, 0.15) is 10.8 Å². The lowest BCUT2D eigenvalue weighted by Gasteiger charge is -2.08. The standard InChI is InChI=1S/C9H9FN2OS/c1-5(13)12-8-3-2-6(10)4-7(8)9(11)14/h2-4H,1H3,(H2,11,14)(H,12,13). The maximum absolute atomic E-state index is 12.8. The molecule has 3 nitrogen and oxygen atoms in total. The molecular formula is C9H9FN2OS. The van der Waals surface area contributed by atoms with Crippen molar-refractivity contribution in [2.75, 3.05) is 5.32 Å². The van der Waals surface area contributed by atoms with Crippen LogP contribution in [0.3, 0.4) is 0 Å². The first-order valence-electron chi connectivity index (χ1n) is 3.87. The van der Waals surface area contributed by atoms with Crippen LogP contribution in [0.2, 0.25) is 0 Å². The highest BCUT2D eigenvalue weighted by molar-refractivity contribution is 7.80. The predicted octanol–water partition coefficient (Wildman–Crippen LogP) is 1.42. The highest BCUT2D eigenvalue weighted by Crippen LogP contribution is 2.16. The second-order valence-corrected chi connectivity index (χ2v) is 3.18. The monoisotopic (exact) mass is 212 g/mol. The van der Waals surface area contributed by atoms with Crippen LogP contribution >= 0.6 is 12.2 Å². The summed E-state index contributed by atoms with van der Waals surface area (Å²) in [4.78, 5) is 10.8. The topological polar surface area (TPSA) is 55.1 Å². The van der Waals surface area contributed by atoms with Crippen molar-refractivity contribution in [3.05, 3.63) is 29.6 Å². The summed E-state index contributed by atoms with van der Waals surface area (Å²) in [5, 5.41) is 2.51. The molecular weight excluding hydrogens is 203 g/mol. The third-order valence-corrected chi connectivity index (χ3v) is 1.78. The van der Waals surface area contributed by atoms with E-state index in [9.17, 15) is 9.18 Å². The molecule has 0 fully saturated rings. The minimum absolute atomic E-state index is 0.0493. The zero-order valence-corrected chi connectivity index (χ0v) is 8.32. The van der Waals surface area contributed by atoms with Crippen LogP contribution in [-0.4, -0.2) is 10.9 Å². The first-order valence-corrected chi connectivity index (χ1v) is 4.28. The van der Waals surface area contributed by atoms with Crippen molar-refractivity contribution in [2.24, 2.45) is 5.73 Å². The van der Waals surface area contributed by atoms with Gasteiger partial charge in [-0.2, -0.15) is 0 Å². The number of anilines is 1. The summed E-state index contributed by atoms with van der Waals surface area (Å²) < 4.78 is 12.8. The Hall–Kier alpha value is -1.49. The van der Waals surface area contributed by atoms with Gasteiger partial charge in [0.15, 0.2) is 0 Å². The summed E-state index contributed by atoms with van der Waals surface area (Å²) in [6.07, 6.45) is 0. The van der Waals surface area contributed by atoms with E-state index in [4.69, 9.17) is 18.0 Å². The summed E-state index contributed by atoms with van der Waals surface area (Å²) >= 11 is 4.72. The lowest BCUT2D eigenvalue weighted by molar-refractivity contribution is -0.114. The first kappa shape index (κ1) is 10.6. The van der Waals surface area contributed by atoms with Crippen LogP contribution in [-0.2, 0) is 4.79 Å². The second kappa shape index (κ2) is 4.15. The molecule has 74 valence electrons. The van der Waals surface area contributed by atoms with E-state index in [0.29, 0.717) is 11.3 Å². The van der Waals surface area contributed by atoms with Gasteiger partial charge >= 0.3 is 0 Å². The van der Waals surface area contributed by atoms with Gasteiger partial charge in [-0.05, 0) is 18.2 Å². The van der Waals surface area contributed by atoms with Gasteiger partial charge in [-0.3, -0.25) is 4.79 Å². The van der Waals surface area contributed by atoms with Crippen molar-refractivity contribution in [3.63, 3.8) is 0 Å². The number of hydrogen-bond donors (Lipinski definition) is 2. The molecule has 0 bridgehead atoms. The van der Waals surface area contributed by atoms with Crippen molar-refractivity contribution in [1.82, 2.24) is 0 Å². The van der Waals surface area contributed by atoms with Crippen LogP contribution < -0.4 is 11.1 Å². The average Bonchev–Trinajstić information content (AvgIpc) is 2.07. The van der Waals surface area contributed by atoms with E-state index < -0.39 is 5.82 Å². The molecule has 0 aliphatic heterocycles. The molecule has 1 aromatic carbocycles. The molecule has 0 aromatic heterocycles. The first-order chi connectivity index (χ1) is 6.50. The summed E-state index contributed by atoms with van der Waals surface area (Å²) in [6, 6.07) is 3.84. The fraction of sp³-hybridized carbons (Fsp3) is 0.111. The molecule has 0 saturated heterocycles. The highest BCUT2D eigenvalue weighted by Gasteiger charge is 2.07. The summed E-state index contributed by atoms with van der Waals surface area (Å²) in [5.74, 6) is -0.698. The van der Waals surface area contributed by atoms with Gasteiger partial charge in [0.2, 0.25) is 5.91 Å². The van der Waals surface area contributed by atoms with Crippen LogP contribution in [0.25, 0.3) is 0 Å². The Morgan fingerprint density at radius 1 is 1.57 bits per heavy atom. The maximum Gasteiger partial charge on any atom is 0.221 e. The van der Waals surface area contributed by atoms with E-state index in [2.05, 4.69) is 5.32 Å². The molecule has 14 heavy (non-hydrogen) atoms. The van der Waals surface area contributed by atoms with Crippen LogP contribution in [0.4, 0.5) is 10.1 Å². The Kier molecular flexibility index (Phi) is 3.14. The number of carbonyl (C=O) groups excluding carboxylic acids is 1. The van der Waals surface area contributed by atoms with Crippen LogP contribution in [0.1, 0.15) is 12.5 Å². The van der Waals surface area contributed by atoms with Crippen molar-refractivity contribution in [2.45, 2.75) is 6.92 Å². The van der Waals surface area contributed by atoms with E-state index in [0.717, 1.165) is 0 Å². The van der Waals surface area contributed by atoms with Crippen molar-refractivity contribution < 1.29 is 9.18 Å². The third-order valence-electron chi connectivity index (χ3n) is 1.56. The van der Waals surface area contributed by atoms with Gasteiger partial charge < -0.3 is 11.1 Å². The molecule has 0 spiro atoms. The van der Waals surface area contributed by atoms with Crippen molar-refractivity contribution in [1.29, 1.82) is 0 Å². The third kappa shape index (κ3) is 2.50. The minimum Gasteiger partial charge on any atom is -0.389 e. The molecule has 1 amide bonds. The molecule has 1 aromatic rings. The number of amides is 1. The molecule has 0 radical (unpaired) electrons. The molecule has 5 heteroatoms. The highest BCUT2D eigenvalue weighted by atomic mass is 32.1. The Balaban J connectivity index is 3.14. The van der Waals surface area contributed by atoms with Gasteiger partial charge in [0.05, 0.1) is 5.69 Å². The second-order valence-electron chi connectivity index (χ2n) is 2.74. The number of hydrogen-bond acceptors (Lipinski definition) is 2. The minimum atomic E-state index is -0.443. The molecule has 1 rings (SSSR count). The van der Waals surface area contributed by atoms with E-state index >= 15 is 0 Å². The molecule has 0 unspecified atom stereocenters. The number of rotatable bonds is 2. The normalized spacial score (nSPS) is 9.57. The Bertz CT molecular complexity index is 392. The Morgan fingerprint density at radius 2 is 2.21 bits per heavy atom. The number of halogens is 1. The van der Waals surface area contributed by atoms with E-state index in [1.54, 1.807) is 0 Å². The number of benzene rings is 1. The average molecular weight is 212 g/mol. The van der Waals surface area contributed by atoms with Gasteiger partial charge in [-0.1, -0.05) is 12.2 Å². The zero-order valence-electron chi connectivity index (χ0n) is 7.50. The fourth-order valence-corrected chi connectivity index (χ4v) is 1.19. The maximum atomic E-state index is 12.8. The Labute approximate surface area is 86.1 Å². The largest absolute Gasteiger partial charge is 0.389 e. The summed E-state index contributed by atoms with van der Waals surface area (Å²) in [7, 11) is 0. The number of thiocarbonyl (C=S) groups is 1. The number of carbonyl (C=O) groups is 1. The van der Waals surface area contributed by atoms with E-state index in [1.165, 1.54) is 25.1 Å². The van der Waals surface area contributed by atoms with Crippen LogP contribution in [0.15, 0.2) is 18.2 Å². The quantitative estimate of drug-likeness (QED) is 0.729. The van der Waals surface area contributed by atoms with E-state index in [-0.39, 0.29) is 10.9 Å².